The van der Waals surface area contributed by atoms with E-state index in [0.717, 1.165) is 18.6 Å². The average molecular weight is 253 g/mol. The maximum Gasteiger partial charge on any atom is 0.0223 e. The van der Waals surface area contributed by atoms with E-state index >= 15 is 0 Å². The molecule has 18 heavy (non-hydrogen) atoms. The lowest BCUT2D eigenvalue weighted by atomic mass is 9.98. The molecule has 0 bridgehead atoms. The van der Waals surface area contributed by atoms with Gasteiger partial charge in [-0.25, -0.2) is 0 Å². The highest BCUT2D eigenvalue weighted by molar-refractivity contribution is 4.88. The SMILES string of the molecule is CCC(CNC(C)C)N1CCN2CCCCC2C1. The number of hydrogen-bond donors (Lipinski definition) is 1. The van der Waals surface area contributed by atoms with Crippen molar-refractivity contribution < 1.29 is 0 Å². The molecule has 0 amide bonds. The van der Waals surface area contributed by atoms with Crippen molar-refractivity contribution in [1.82, 2.24) is 15.1 Å². The fourth-order valence-electron chi connectivity index (χ4n) is 3.42. The van der Waals surface area contributed by atoms with E-state index in [9.17, 15) is 0 Å². The van der Waals surface area contributed by atoms with Crippen LogP contribution in [0.4, 0.5) is 0 Å². The largest absolute Gasteiger partial charge is 0.313 e. The van der Waals surface area contributed by atoms with Gasteiger partial charge in [-0.1, -0.05) is 27.2 Å². The molecular weight excluding hydrogens is 222 g/mol. The third-order valence-corrected chi connectivity index (χ3v) is 4.62. The molecular formula is C15H31N3. The number of nitrogens with zero attached hydrogens (tertiary/aromatic N) is 2. The molecule has 2 unspecified atom stereocenters. The molecule has 0 aromatic rings. The van der Waals surface area contributed by atoms with E-state index < -0.39 is 0 Å². The molecule has 3 heteroatoms. The molecule has 2 heterocycles. The molecule has 106 valence electrons. The molecule has 1 N–H and O–H groups in total. The normalized spacial score (nSPS) is 28.3. The van der Waals surface area contributed by atoms with E-state index in [-0.39, 0.29) is 0 Å². The highest BCUT2D eigenvalue weighted by Crippen LogP contribution is 2.22. The predicted molar refractivity (Wildman–Crippen MR) is 78.0 cm³/mol. The van der Waals surface area contributed by atoms with Gasteiger partial charge in [0.1, 0.15) is 0 Å². The quantitative estimate of drug-likeness (QED) is 0.808. The molecule has 2 saturated heterocycles. The summed E-state index contributed by atoms with van der Waals surface area (Å²) in [6, 6.07) is 2.19. The lowest BCUT2D eigenvalue weighted by Crippen LogP contribution is -2.58. The molecule has 0 saturated carbocycles. The Bertz CT molecular complexity index is 242. The molecule has 2 fully saturated rings. The van der Waals surface area contributed by atoms with Crippen molar-refractivity contribution in [2.45, 2.75) is 64.6 Å². The lowest BCUT2D eigenvalue weighted by molar-refractivity contribution is 0.0260. The number of rotatable bonds is 5. The van der Waals surface area contributed by atoms with Crippen LogP contribution < -0.4 is 5.32 Å². The summed E-state index contributed by atoms with van der Waals surface area (Å²) in [7, 11) is 0. The van der Waals surface area contributed by atoms with Crippen LogP contribution >= 0.6 is 0 Å². The van der Waals surface area contributed by atoms with Gasteiger partial charge in [0.25, 0.3) is 0 Å². The van der Waals surface area contributed by atoms with Crippen LogP contribution in [0, 0.1) is 0 Å². The number of hydrogen-bond acceptors (Lipinski definition) is 3. The fraction of sp³-hybridized carbons (Fsp3) is 1.00. The van der Waals surface area contributed by atoms with Gasteiger partial charge < -0.3 is 5.32 Å². The summed E-state index contributed by atoms with van der Waals surface area (Å²) >= 11 is 0. The zero-order valence-corrected chi connectivity index (χ0v) is 12.5. The molecule has 2 rings (SSSR count). The van der Waals surface area contributed by atoms with E-state index in [1.807, 2.05) is 0 Å². The minimum atomic E-state index is 0.606. The van der Waals surface area contributed by atoms with Gasteiger partial charge in [0.15, 0.2) is 0 Å². The summed E-state index contributed by atoms with van der Waals surface area (Å²) in [5, 5.41) is 3.61. The van der Waals surface area contributed by atoms with Crippen LogP contribution in [0.1, 0.15) is 46.5 Å². The van der Waals surface area contributed by atoms with Crippen LogP contribution in [0.25, 0.3) is 0 Å². The Labute approximate surface area is 113 Å². The van der Waals surface area contributed by atoms with Gasteiger partial charge in [-0.3, -0.25) is 9.80 Å². The molecule has 0 aliphatic carbocycles. The summed E-state index contributed by atoms with van der Waals surface area (Å²) in [6.07, 6.45) is 5.55. The van der Waals surface area contributed by atoms with Gasteiger partial charge in [0.05, 0.1) is 0 Å². The Morgan fingerprint density at radius 3 is 2.72 bits per heavy atom. The van der Waals surface area contributed by atoms with Crippen LogP contribution in [0.15, 0.2) is 0 Å². The average Bonchev–Trinajstić information content (AvgIpc) is 2.39. The Hall–Kier alpha value is -0.120. The smallest absolute Gasteiger partial charge is 0.0223 e. The first-order valence-electron chi connectivity index (χ1n) is 7.92. The van der Waals surface area contributed by atoms with Gasteiger partial charge >= 0.3 is 0 Å². The van der Waals surface area contributed by atoms with Crippen LogP contribution in [0.3, 0.4) is 0 Å². The minimum absolute atomic E-state index is 0.606. The minimum Gasteiger partial charge on any atom is -0.313 e. The van der Waals surface area contributed by atoms with Crippen LogP contribution in [-0.2, 0) is 0 Å². The van der Waals surface area contributed by atoms with E-state index in [0.29, 0.717) is 6.04 Å². The summed E-state index contributed by atoms with van der Waals surface area (Å²) in [5.74, 6) is 0. The highest BCUT2D eigenvalue weighted by atomic mass is 15.3. The van der Waals surface area contributed by atoms with Gasteiger partial charge in [-0.2, -0.15) is 0 Å². The first-order chi connectivity index (χ1) is 8.70. The predicted octanol–water partition coefficient (Wildman–Crippen LogP) is 1.93. The lowest BCUT2D eigenvalue weighted by Gasteiger charge is -2.46. The maximum absolute atomic E-state index is 3.61. The topological polar surface area (TPSA) is 18.5 Å². The van der Waals surface area contributed by atoms with E-state index in [4.69, 9.17) is 0 Å². The molecule has 2 atom stereocenters. The van der Waals surface area contributed by atoms with Crippen molar-refractivity contribution >= 4 is 0 Å². The Morgan fingerprint density at radius 1 is 1.17 bits per heavy atom. The third kappa shape index (κ3) is 3.69. The monoisotopic (exact) mass is 253 g/mol. The van der Waals surface area contributed by atoms with E-state index in [1.54, 1.807) is 0 Å². The van der Waals surface area contributed by atoms with Crippen LogP contribution in [-0.4, -0.2) is 60.6 Å². The standard InChI is InChI=1S/C15H31N3/c1-4-14(11-16-13(2)3)18-10-9-17-8-6-5-7-15(17)12-18/h13-16H,4-12H2,1-3H3. The second-order valence-electron chi connectivity index (χ2n) is 6.31. The van der Waals surface area contributed by atoms with Crippen molar-refractivity contribution in [1.29, 1.82) is 0 Å². The Morgan fingerprint density at radius 2 is 2.00 bits per heavy atom. The van der Waals surface area contributed by atoms with Crippen LogP contribution in [0.2, 0.25) is 0 Å². The maximum atomic E-state index is 3.61. The number of piperidine rings is 1. The van der Waals surface area contributed by atoms with Gasteiger partial charge in [-0.05, 0) is 25.8 Å². The number of fused-ring (bicyclic) bond motifs is 1. The van der Waals surface area contributed by atoms with E-state index in [2.05, 4.69) is 35.9 Å². The van der Waals surface area contributed by atoms with Gasteiger partial charge in [-0.15, -0.1) is 0 Å². The van der Waals surface area contributed by atoms with E-state index in [1.165, 1.54) is 51.9 Å². The second kappa shape index (κ2) is 6.88. The summed E-state index contributed by atoms with van der Waals surface area (Å²) < 4.78 is 0. The molecule has 3 nitrogen and oxygen atoms in total. The Balaban J connectivity index is 1.83. The molecule has 0 radical (unpaired) electrons. The first-order valence-corrected chi connectivity index (χ1v) is 7.92. The van der Waals surface area contributed by atoms with Gasteiger partial charge in [0.2, 0.25) is 0 Å². The molecule has 0 aromatic carbocycles. The van der Waals surface area contributed by atoms with Crippen molar-refractivity contribution in [3.05, 3.63) is 0 Å². The van der Waals surface area contributed by atoms with Gasteiger partial charge in [0, 0.05) is 44.3 Å². The molecule has 2 aliphatic heterocycles. The van der Waals surface area contributed by atoms with Crippen molar-refractivity contribution in [2.75, 3.05) is 32.7 Å². The summed E-state index contributed by atoms with van der Waals surface area (Å²) in [4.78, 5) is 5.46. The zero-order valence-electron chi connectivity index (χ0n) is 12.5. The number of nitrogens with one attached hydrogen (secondary N) is 1. The van der Waals surface area contributed by atoms with Crippen molar-refractivity contribution in [3.8, 4) is 0 Å². The molecule has 0 spiro atoms. The summed E-state index contributed by atoms with van der Waals surface area (Å²) in [6.45, 7) is 13.2. The highest BCUT2D eigenvalue weighted by Gasteiger charge is 2.31. The second-order valence-corrected chi connectivity index (χ2v) is 6.31. The van der Waals surface area contributed by atoms with Crippen molar-refractivity contribution in [3.63, 3.8) is 0 Å². The summed E-state index contributed by atoms with van der Waals surface area (Å²) in [5.41, 5.74) is 0. The Kier molecular flexibility index (Phi) is 5.46. The number of piperazine rings is 1. The molecule has 0 aromatic heterocycles. The first kappa shape index (κ1) is 14.3. The van der Waals surface area contributed by atoms with Crippen LogP contribution in [0.5, 0.6) is 0 Å². The third-order valence-electron chi connectivity index (χ3n) is 4.62. The van der Waals surface area contributed by atoms with Crippen molar-refractivity contribution in [2.24, 2.45) is 0 Å². The molecule has 2 aliphatic rings. The zero-order chi connectivity index (χ0) is 13.0. The fourth-order valence-corrected chi connectivity index (χ4v) is 3.42.